The normalized spacial score (nSPS) is 14.0. The van der Waals surface area contributed by atoms with Crippen molar-refractivity contribution in [2.75, 3.05) is 32.7 Å². The van der Waals surface area contributed by atoms with Gasteiger partial charge < -0.3 is 15.1 Å². The smallest absolute Gasteiger partial charge is 0.253 e. The summed E-state index contributed by atoms with van der Waals surface area (Å²) in [7, 11) is 0. The Morgan fingerprint density at radius 2 is 1.41 bits per heavy atom. The Kier molecular flexibility index (Phi) is 5.86. The van der Waals surface area contributed by atoms with E-state index in [4.69, 9.17) is 0 Å². The lowest BCUT2D eigenvalue weighted by Crippen LogP contribution is -2.52. The number of carbonyl (C=O) groups is 3. The molecule has 0 saturated carbocycles. The minimum Gasteiger partial charge on any atom is -0.343 e. The second kappa shape index (κ2) is 8.49. The number of benzene rings is 2. The van der Waals surface area contributed by atoms with Gasteiger partial charge in [0.05, 0.1) is 6.54 Å². The van der Waals surface area contributed by atoms with Crippen LogP contribution < -0.4 is 5.32 Å². The van der Waals surface area contributed by atoms with Crippen LogP contribution in [0.4, 0.5) is 0 Å². The fourth-order valence-corrected chi connectivity index (χ4v) is 3.00. The second-order valence-electron chi connectivity index (χ2n) is 6.59. The third-order valence-electron chi connectivity index (χ3n) is 4.65. The molecule has 2 aromatic rings. The first-order chi connectivity index (χ1) is 13.0. The van der Waals surface area contributed by atoms with Crippen molar-refractivity contribution in [3.8, 4) is 0 Å². The summed E-state index contributed by atoms with van der Waals surface area (Å²) in [6.45, 7) is 3.86. The zero-order chi connectivity index (χ0) is 19.2. The highest BCUT2D eigenvalue weighted by molar-refractivity contribution is 5.96. The van der Waals surface area contributed by atoms with Gasteiger partial charge in [0.15, 0.2) is 0 Å². The van der Waals surface area contributed by atoms with Gasteiger partial charge in [-0.05, 0) is 31.2 Å². The van der Waals surface area contributed by atoms with Gasteiger partial charge in [-0.2, -0.15) is 0 Å². The fraction of sp³-hybridized carbons (Fsp3) is 0.286. The van der Waals surface area contributed by atoms with Crippen LogP contribution in [0.15, 0.2) is 54.6 Å². The van der Waals surface area contributed by atoms with E-state index in [-0.39, 0.29) is 24.3 Å². The maximum absolute atomic E-state index is 12.5. The Hall–Kier alpha value is -3.15. The molecule has 0 aromatic heterocycles. The molecule has 0 atom stereocenters. The number of piperazine rings is 1. The topological polar surface area (TPSA) is 69.7 Å². The maximum atomic E-state index is 12.5. The van der Waals surface area contributed by atoms with E-state index in [9.17, 15) is 14.4 Å². The number of carbonyl (C=O) groups excluding carboxylic acids is 3. The van der Waals surface area contributed by atoms with Crippen molar-refractivity contribution in [2.24, 2.45) is 0 Å². The molecule has 1 heterocycles. The third kappa shape index (κ3) is 4.73. The highest BCUT2D eigenvalue weighted by atomic mass is 16.2. The standard InChI is InChI=1S/C21H23N3O3/c1-16-7-9-18(10-8-16)21(27)24-13-11-23(12-14-24)19(25)15-22-20(26)17-5-3-2-4-6-17/h2-10H,11-15H2,1H3,(H,22,26). The Balaban J connectivity index is 1.47. The van der Waals surface area contributed by atoms with Gasteiger partial charge >= 0.3 is 0 Å². The average Bonchev–Trinajstić information content (AvgIpc) is 2.72. The summed E-state index contributed by atoms with van der Waals surface area (Å²) in [6, 6.07) is 16.3. The van der Waals surface area contributed by atoms with E-state index >= 15 is 0 Å². The number of amides is 3. The molecule has 1 aliphatic rings. The first-order valence-electron chi connectivity index (χ1n) is 9.01. The lowest BCUT2D eigenvalue weighted by molar-refractivity contribution is -0.131. The molecule has 0 spiro atoms. The van der Waals surface area contributed by atoms with Crippen LogP contribution in [0, 0.1) is 6.92 Å². The van der Waals surface area contributed by atoms with Crippen LogP contribution in [0.25, 0.3) is 0 Å². The van der Waals surface area contributed by atoms with Crippen LogP contribution in [-0.4, -0.2) is 60.2 Å². The zero-order valence-electron chi connectivity index (χ0n) is 15.4. The van der Waals surface area contributed by atoms with Crippen molar-refractivity contribution in [1.29, 1.82) is 0 Å². The van der Waals surface area contributed by atoms with Gasteiger partial charge in [-0.15, -0.1) is 0 Å². The van der Waals surface area contributed by atoms with Crippen LogP contribution in [0.2, 0.25) is 0 Å². The lowest BCUT2D eigenvalue weighted by atomic mass is 10.1. The molecule has 6 heteroatoms. The highest BCUT2D eigenvalue weighted by Crippen LogP contribution is 2.10. The molecule has 1 fully saturated rings. The van der Waals surface area contributed by atoms with Crippen LogP contribution in [0.5, 0.6) is 0 Å². The summed E-state index contributed by atoms with van der Waals surface area (Å²) < 4.78 is 0. The molecular formula is C21H23N3O3. The largest absolute Gasteiger partial charge is 0.343 e. The fourth-order valence-electron chi connectivity index (χ4n) is 3.00. The van der Waals surface area contributed by atoms with E-state index in [2.05, 4.69) is 5.32 Å². The number of nitrogens with zero attached hydrogens (tertiary/aromatic N) is 2. The molecule has 1 saturated heterocycles. The van der Waals surface area contributed by atoms with Crippen molar-refractivity contribution >= 4 is 17.7 Å². The summed E-state index contributed by atoms with van der Waals surface area (Å²) in [4.78, 5) is 40.3. The summed E-state index contributed by atoms with van der Waals surface area (Å²) in [6.07, 6.45) is 0. The summed E-state index contributed by atoms with van der Waals surface area (Å²) >= 11 is 0. The molecule has 0 aliphatic carbocycles. The molecule has 3 rings (SSSR count). The molecule has 1 N–H and O–H groups in total. The Bertz CT molecular complexity index is 810. The van der Waals surface area contributed by atoms with Gasteiger partial charge in [-0.3, -0.25) is 14.4 Å². The molecule has 0 radical (unpaired) electrons. The number of hydrogen-bond acceptors (Lipinski definition) is 3. The summed E-state index contributed by atoms with van der Waals surface area (Å²) in [5, 5.41) is 2.65. The molecule has 27 heavy (non-hydrogen) atoms. The number of aryl methyl sites for hydroxylation is 1. The Labute approximate surface area is 158 Å². The molecule has 3 amide bonds. The molecule has 1 aliphatic heterocycles. The number of nitrogens with one attached hydrogen (secondary N) is 1. The maximum Gasteiger partial charge on any atom is 0.253 e. The van der Waals surface area contributed by atoms with Gasteiger partial charge in [0.1, 0.15) is 0 Å². The van der Waals surface area contributed by atoms with E-state index in [1.165, 1.54) is 0 Å². The van der Waals surface area contributed by atoms with Gasteiger partial charge in [0.2, 0.25) is 5.91 Å². The lowest BCUT2D eigenvalue weighted by Gasteiger charge is -2.34. The number of rotatable bonds is 4. The minimum absolute atomic E-state index is 0.0144. The van der Waals surface area contributed by atoms with Crippen molar-refractivity contribution in [3.63, 3.8) is 0 Å². The van der Waals surface area contributed by atoms with Crippen molar-refractivity contribution in [1.82, 2.24) is 15.1 Å². The van der Waals surface area contributed by atoms with E-state index in [1.54, 1.807) is 34.1 Å². The monoisotopic (exact) mass is 365 g/mol. The summed E-state index contributed by atoms with van der Waals surface area (Å²) in [5.74, 6) is -0.418. The van der Waals surface area contributed by atoms with Crippen LogP contribution in [0.1, 0.15) is 26.3 Å². The average molecular weight is 365 g/mol. The molecule has 0 unspecified atom stereocenters. The van der Waals surface area contributed by atoms with Crippen molar-refractivity contribution in [2.45, 2.75) is 6.92 Å². The van der Waals surface area contributed by atoms with E-state index in [0.29, 0.717) is 37.3 Å². The SMILES string of the molecule is Cc1ccc(C(=O)N2CCN(C(=O)CNC(=O)c3ccccc3)CC2)cc1. The van der Waals surface area contributed by atoms with E-state index < -0.39 is 0 Å². The molecule has 2 aromatic carbocycles. The van der Waals surface area contributed by atoms with Crippen LogP contribution in [-0.2, 0) is 4.79 Å². The van der Waals surface area contributed by atoms with Crippen LogP contribution >= 0.6 is 0 Å². The van der Waals surface area contributed by atoms with Gasteiger partial charge in [-0.25, -0.2) is 0 Å². The minimum atomic E-state index is -0.267. The third-order valence-corrected chi connectivity index (χ3v) is 4.65. The Morgan fingerprint density at radius 1 is 0.815 bits per heavy atom. The van der Waals surface area contributed by atoms with Gasteiger partial charge in [-0.1, -0.05) is 35.9 Å². The van der Waals surface area contributed by atoms with Crippen molar-refractivity contribution in [3.05, 3.63) is 71.3 Å². The predicted octanol–water partition coefficient (Wildman–Crippen LogP) is 1.71. The first kappa shape index (κ1) is 18.6. The van der Waals surface area contributed by atoms with Gasteiger partial charge in [0.25, 0.3) is 11.8 Å². The summed E-state index contributed by atoms with van der Waals surface area (Å²) in [5.41, 5.74) is 2.30. The van der Waals surface area contributed by atoms with Crippen molar-refractivity contribution < 1.29 is 14.4 Å². The van der Waals surface area contributed by atoms with Gasteiger partial charge in [0, 0.05) is 37.3 Å². The second-order valence-corrected chi connectivity index (χ2v) is 6.59. The first-order valence-corrected chi connectivity index (χ1v) is 9.01. The molecule has 140 valence electrons. The highest BCUT2D eigenvalue weighted by Gasteiger charge is 2.25. The molecule has 0 bridgehead atoms. The quantitative estimate of drug-likeness (QED) is 0.897. The molecule has 6 nitrogen and oxygen atoms in total. The van der Waals surface area contributed by atoms with E-state index in [1.807, 2.05) is 37.3 Å². The number of hydrogen-bond donors (Lipinski definition) is 1. The predicted molar refractivity (Wildman–Crippen MR) is 102 cm³/mol. The zero-order valence-corrected chi connectivity index (χ0v) is 15.4. The van der Waals surface area contributed by atoms with Crippen LogP contribution in [0.3, 0.4) is 0 Å². The Morgan fingerprint density at radius 3 is 2.04 bits per heavy atom. The molecular weight excluding hydrogens is 342 g/mol. The van der Waals surface area contributed by atoms with E-state index in [0.717, 1.165) is 5.56 Å².